The van der Waals surface area contributed by atoms with Crippen LogP contribution in [0.5, 0.6) is 0 Å². The lowest BCUT2D eigenvalue weighted by atomic mass is 9.86. The van der Waals surface area contributed by atoms with Gasteiger partial charge in [-0.05, 0) is 31.4 Å². The Hall–Kier alpha value is -2.95. The average Bonchev–Trinajstić information content (AvgIpc) is 2.73. The minimum Gasteiger partial charge on any atom is -0.445 e. The number of hydrogen-bond acceptors (Lipinski definition) is 4. The molecule has 2 aliphatic heterocycles. The second kappa shape index (κ2) is 7.23. The van der Waals surface area contributed by atoms with Crippen LogP contribution in [0.15, 0.2) is 54.6 Å². The summed E-state index contributed by atoms with van der Waals surface area (Å²) in [6.45, 7) is 2.68. The van der Waals surface area contributed by atoms with Crippen LogP contribution in [-0.4, -0.2) is 41.3 Å². The fraction of sp³-hybridized carbons (Fsp3) is 0.348. The predicted octanol–water partition coefficient (Wildman–Crippen LogP) is 3.28. The molecule has 1 atom stereocenters. The number of Topliss-reactive ketones (excluding diaryl/α,β-unsaturated/α-hetero) is 1. The SMILES string of the molecule is CC1(C(=O)N2CCC(C(=O)c3ccccc3)CC2)Cc2ccccc2C(=O)O1. The van der Waals surface area contributed by atoms with Gasteiger partial charge >= 0.3 is 5.97 Å². The van der Waals surface area contributed by atoms with Crippen molar-refractivity contribution in [2.75, 3.05) is 13.1 Å². The van der Waals surface area contributed by atoms with Crippen molar-refractivity contribution in [2.24, 2.45) is 5.92 Å². The third-order valence-electron chi connectivity index (χ3n) is 5.75. The van der Waals surface area contributed by atoms with Crippen molar-refractivity contribution in [3.63, 3.8) is 0 Å². The molecule has 0 aromatic heterocycles. The smallest absolute Gasteiger partial charge is 0.339 e. The van der Waals surface area contributed by atoms with Gasteiger partial charge in [-0.15, -0.1) is 0 Å². The second-order valence-electron chi connectivity index (χ2n) is 7.75. The number of amides is 1. The normalized spacial score (nSPS) is 22.3. The van der Waals surface area contributed by atoms with Gasteiger partial charge in [0.05, 0.1) is 5.56 Å². The number of esters is 1. The lowest BCUT2D eigenvalue weighted by molar-refractivity contribution is -0.152. The van der Waals surface area contributed by atoms with Crippen LogP contribution < -0.4 is 0 Å². The van der Waals surface area contributed by atoms with Gasteiger partial charge in [0, 0.05) is 31.0 Å². The first-order valence-electron chi connectivity index (χ1n) is 9.68. The molecule has 1 unspecified atom stereocenters. The minimum absolute atomic E-state index is 0.0751. The van der Waals surface area contributed by atoms with E-state index in [1.807, 2.05) is 42.5 Å². The van der Waals surface area contributed by atoms with E-state index >= 15 is 0 Å². The van der Waals surface area contributed by atoms with Crippen LogP contribution in [0.2, 0.25) is 0 Å². The summed E-state index contributed by atoms with van der Waals surface area (Å²) in [5, 5.41) is 0. The molecule has 144 valence electrons. The van der Waals surface area contributed by atoms with Gasteiger partial charge in [-0.3, -0.25) is 9.59 Å². The van der Waals surface area contributed by atoms with Crippen LogP contribution in [0.3, 0.4) is 0 Å². The molecule has 0 spiro atoms. The van der Waals surface area contributed by atoms with E-state index in [0.29, 0.717) is 37.9 Å². The topological polar surface area (TPSA) is 63.7 Å². The van der Waals surface area contributed by atoms with Gasteiger partial charge in [0.15, 0.2) is 11.4 Å². The number of rotatable bonds is 3. The maximum atomic E-state index is 13.1. The van der Waals surface area contributed by atoms with Crippen LogP contribution in [0.4, 0.5) is 0 Å². The number of cyclic esters (lactones) is 1. The van der Waals surface area contributed by atoms with Gasteiger partial charge in [0.1, 0.15) is 0 Å². The molecule has 0 radical (unpaired) electrons. The van der Waals surface area contributed by atoms with Crippen LogP contribution in [0.25, 0.3) is 0 Å². The molecule has 2 heterocycles. The molecule has 1 saturated heterocycles. The Balaban J connectivity index is 1.43. The summed E-state index contributed by atoms with van der Waals surface area (Å²) < 4.78 is 5.56. The largest absolute Gasteiger partial charge is 0.445 e. The quantitative estimate of drug-likeness (QED) is 0.608. The Morgan fingerprint density at radius 1 is 1.00 bits per heavy atom. The number of hydrogen-bond donors (Lipinski definition) is 0. The highest BCUT2D eigenvalue weighted by atomic mass is 16.6. The van der Waals surface area contributed by atoms with Gasteiger partial charge in [-0.25, -0.2) is 4.79 Å². The zero-order valence-corrected chi connectivity index (χ0v) is 15.9. The Labute approximate surface area is 164 Å². The highest BCUT2D eigenvalue weighted by molar-refractivity contribution is 5.99. The fourth-order valence-electron chi connectivity index (χ4n) is 4.17. The maximum absolute atomic E-state index is 13.1. The van der Waals surface area contributed by atoms with Crippen molar-refractivity contribution in [1.82, 2.24) is 4.90 Å². The van der Waals surface area contributed by atoms with Crippen LogP contribution in [0, 0.1) is 5.92 Å². The van der Waals surface area contributed by atoms with E-state index in [4.69, 9.17) is 4.74 Å². The molecule has 2 aromatic rings. The number of nitrogens with zero attached hydrogens (tertiary/aromatic N) is 1. The van der Waals surface area contributed by atoms with E-state index in [2.05, 4.69) is 0 Å². The summed E-state index contributed by atoms with van der Waals surface area (Å²) in [6, 6.07) is 16.5. The zero-order valence-electron chi connectivity index (χ0n) is 15.9. The summed E-state index contributed by atoms with van der Waals surface area (Å²) in [7, 11) is 0. The second-order valence-corrected chi connectivity index (χ2v) is 7.75. The van der Waals surface area contributed by atoms with E-state index in [0.717, 1.165) is 11.1 Å². The number of benzene rings is 2. The molecule has 0 saturated carbocycles. The lowest BCUT2D eigenvalue weighted by Gasteiger charge is -2.39. The Morgan fingerprint density at radius 2 is 1.64 bits per heavy atom. The molecule has 5 heteroatoms. The lowest BCUT2D eigenvalue weighted by Crippen LogP contribution is -2.55. The number of ether oxygens (including phenoxy) is 1. The molecule has 0 aliphatic carbocycles. The van der Waals surface area contributed by atoms with E-state index < -0.39 is 11.6 Å². The molecule has 0 N–H and O–H groups in total. The standard InChI is InChI=1S/C23H23NO4/c1-23(15-18-9-5-6-10-19(18)21(26)28-23)22(27)24-13-11-17(12-14-24)20(25)16-7-3-2-4-8-16/h2-10,17H,11-15H2,1H3. The van der Waals surface area contributed by atoms with Crippen molar-refractivity contribution in [1.29, 1.82) is 0 Å². The van der Waals surface area contributed by atoms with Gasteiger partial charge < -0.3 is 9.64 Å². The molecule has 5 nitrogen and oxygen atoms in total. The molecule has 0 bridgehead atoms. The van der Waals surface area contributed by atoms with E-state index in [1.54, 1.807) is 24.0 Å². The maximum Gasteiger partial charge on any atom is 0.339 e. The Kier molecular flexibility index (Phi) is 4.75. The van der Waals surface area contributed by atoms with E-state index in [-0.39, 0.29) is 17.6 Å². The summed E-state index contributed by atoms with van der Waals surface area (Å²) in [6.07, 6.45) is 1.62. The third-order valence-corrected chi connectivity index (χ3v) is 5.75. The average molecular weight is 377 g/mol. The molecule has 2 aliphatic rings. The summed E-state index contributed by atoms with van der Waals surface area (Å²) in [5.41, 5.74) is 0.891. The van der Waals surface area contributed by atoms with Crippen molar-refractivity contribution in [3.8, 4) is 0 Å². The number of piperidine rings is 1. The van der Waals surface area contributed by atoms with Gasteiger partial charge in [0.25, 0.3) is 5.91 Å². The van der Waals surface area contributed by atoms with E-state index in [9.17, 15) is 14.4 Å². The van der Waals surface area contributed by atoms with Gasteiger partial charge in [-0.1, -0.05) is 48.5 Å². The number of ketones is 1. The molecule has 4 rings (SSSR count). The van der Waals surface area contributed by atoms with Crippen molar-refractivity contribution < 1.29 is 19.1 Å². The summed E-state index contributed by atoms with van der Waals surface area (Å²) >= 11 is 0. The third kappa shape index (κ3) is 3.33. The van der Waals surface area contributed by atoms with Gasteiger partial charge in [0.2, 0.25) is 0 Å². The first-order valence-corrected chi connectivity index (χ1v) is 9.68. The van der Waals surface area contributed by atoms with Crippen molar-refractivity contribution in [3.05, 3.63) is 71.3 Å². The first-order chi connectivity index (χ1) is 13.5. The highest BCUT2D eigenvalue weighted by Crippen LogP contribution is 2.31. The van der Waals surface area contributed by atoms with Gasteiger partial charge in [-0.2, -0.15) is 0 Å². The number of likely N-dealkylation sites (tertiary alicyclic amines) is 1. The number of fused-ring (bicyclic) bond motifs is 1. The molecule has 2 aromatic carbocycles. The first kappa shape index (κ1) is 18.4. The summed E-state index contributed by atoms with van der Waals surface area (Å²) in [4.78, 5) is 39.9. The van der Waals surface area contributed by atoms with E-state index in [1.165, 1.54) is 0 Å². The van der Waals surface area contributed by atoms with Crippen LogP contribution in [0.1, 0.15) is 46.0 Å². The highest BCUT2D eigenvalue weighted by Gasteiger charge is 2.45. The minimum atomic E-state index is -1.19. The molecule has 1 fully saturated rings. The van der Waals surface area contributed by atoms with Crippen LogP contribution >= 0.6 is 0 Å². The van der Waals surface area contributed by atoms with Crippen molar-refractivity contribution in [2.45, 2.75) is 31.8 Å². The molecule has 1 amide bonds. The molecule has 28 heavy (non-hydrogen) atoms. The Morgan fingerprint density at radius 3 is 2.36 bits per heavy atom. The van der Waals surface area contributed by atoms with Crippen molar-refractivity contribution >= 4 is 17.7 Å². The number of carbonyl (C=O) groups excluding carboxylic acids is 3. The fourth-order valence-corrected chi connectivity index (χ4v) is 4.17. The van der Waals surface area contributed by atoms with Crippen LogP contribution in [-0.2, 0) is 16.0 Å². The predicted molar refractivity (Wildman–Crippen MR) is 104 cm³/mol. The zero-order chi connectivity index (χ0) is 19.7. The number of carbonyl (C=O) groups is 3. The monoisotopic (exact) mass is 377 g/mol. The Bertz CT molecular complexity index is 915. The summed E-state index contributed by atoms with van der Waals surface area (Å²) in [5.74, 6) is -0.571. The molecular weight excluding hydrogens is 354 g/mol. The molecular formula is C23H23NO4.